The van der Waals surface area contributed by atoms with Crippen molar-refractivity contribution >= 4 is 17.2 Å². The molecule has 6 nitrogen and oxygen atoms in total. The number of nitrogens with zero attached hydrogens (tertiary/aromatic N) is 2. The number of hydrogen-bond acceptors (Lipinski definition) is 6. The van der Waals surface area contributed by atoms with Crippen LogP contribution in [0.15, 0.2) is 44.7 Å². The van der Waals surface area contributed by atoms with Gasteiger partial charge in [0.05, 0.1) is 10.9 Å². The summed E-state index contributed by atoms with van der Waals surface area (Å²) in [6.07, 6.45) is 3.62. The minimum Gasteiger partial charge on any atom is -0.465 e. The van der Waals surface area contributed by atoms with Gasteiger partial charge in [0.1, 0.15) is 11.5 Å². The van der Waals surface area contributed by atoms with Crippen LogP contribution in [0, 0.1) is 6.92 Å². The van der Waals surface area contributed by atoms with Crippen molar-refractivity contribution in [2.75, 3.05) is 19.6 Å². The molecule has 1 N–H and O–H groups in total. The Balaban J connectivity index is 1.44. The number of thiophene rings is 1. The van der Waals surface area contributed by atoms with Crippen molar-refractivity contribution in [3.8, 4) is 10.6 Å². The minimum atomic E-state index is -0.230. The molecule has 3 aromatic heterocycles. The predicted molar refractivity (Wildman–Crippen MR) is 104 cm³/mol. The molecule has 0 bridgehead atoms. The lowest BCUT2D eigenvalue weighted by Crippen LogP contribution is -2.40. The number of likely N-dealkylation sites (tertiary alicyclic amines) is 1. The van der Waals surface area contributed by atoms with E-state index in [1.165, 1.54) is 19.3 Å². The molecule has 142 valence electrons. The molecule has 1 amide bonds. The van der Waals surface area contributed by atoms with E-state index < -0.39 is 0 Å². The number of hydrogen-bond donors (Lipinski definition) is 1. The Morgan fingerprint density at radius 3 is 2.85 bits per heavy atom. The fourth-order valence-electron chi connectivity index (χ4n) is 3.47. The van der Waals surface area contributed by atoms with Crippen molar-refractivity contribution in [3.05, 3.63) is 52.9 Å². The summed E-state index contributed by atoms with van der Waals surface area (Å²) >= 11 is 1.55. The van der Waals surface area contributed by atoms with Crippen molar-refractivity contribution in [2.45, 2.75) is 32.2 Å². The molecular formula is C20H23N3O3S. The zero-order valence-corrected chi connectivity index (χ0v) is 16.1. The van der Waals surface area contributed by atoms with Gasteiger partial charge in [-0.25, -0.2) is 0 Å². The predicted octanol–water partition coefficient (Wildman–Crippen LogP) is 4.26. The second-order valence-corrected chi connectivity index (χ2v) is 7.77. The second-order valence-electron chi connectivity index (χ2n) is 6.82. The van der Waals surface area contributed by atoms with E-state index in [2.05, 4.69) is 15.4 Å². The van der Waals surface area contributed by atoms with Gasteiger partial charge in [0, 0.05) is 12.6 Å². The molecule has 27 heavy (non-hydrogen) atoms. The van der Waals surface area contributed by atoms with Gasteiger partial charge in [-0.05, 0) is 56.4 Å². The molecule has 1 aliphatic rings. The molecule has 4 heterocycles. The molecular weight excluding hydrogens is 362 g/mol. The van der Waals surface area contributed by atoms with E-state index in [4.69, 9.17) is 8.94 Å². The molecule has 7 heteroatoms. The van der Waals surface area contributed by atoms with Gasteiger partial charge in [0.25, 0.3) is 5.91 Å². The van der Waals surface area contributed by atoms with Crippen LogP contribution in [0.1, 0.15) is 47.3 Å². The van der Waals surface area contributed by atoms with Crippen molar-refractivity contribution in [3.63, 3.8) is 0 Å². The van der Waals surface area contributed by atoms with E-state index in [9.17, 15) is 4.79 Å². The lowest BCUT2D eigenvalue weighted by Gasteiger charge is -2.33. The van der Waals surface area contributed by atoms with Crippen LogP contribution < -0.4 is 5.32 Å². The van der Waals surface area contributed by atoms with Crippen LogP contribution in [-0.4, -0.2) is 35.6 Å². The highest BCUT2D eigenvalue weighted by molar-refractivity contribution is 7.13. The number of amides is 1. The van der Waals surface area contributed by atoms with Gasteiger partial charge in [0.2, 0.25) is 0 Å². The Morgan fingerprint density at radius 1 is 1.30 bits per heavy atom. The highest BCUT2D eigenvalue weighted by Crippen LogP contribution is 2.27. The number of piperidine rings is 1. The Hall–Kier alpha value is -2.38. The smallest absolute Gasteiger partial charge is 0.273 e. The molecule has 4 rings (SSSR count). The molecule has 0 radical (unpaired) electrons. The van der Waals surface area contributed by atoms with Gasteiger partial charge in [-0.2, -0.15) is 0 Å². The summed E-state index contributed by atoms with van der Waals surface area (Å²) in [5, 5.41) is 8.89. The molecule has 1 fully saturated rings. The Kier molecular flexibility index (Phi) is 5.40. The molecule has 1 unspecified atom stereocenters. The van der Waals surface area contributed by atoms with Gasteiger partial charge >= 0.3 is 0 Å². The highest BCUT2D eigenvalue weighted by Gasteiger charge is 2.26. The molecule has 0 aliphatic carbocycles. The van der Waals surface area contributed by atoms with Gasteiger partial charge in [-0.1, -0.05) is 17.6 Å². The van der Waals surface area contributed by atoms with E-state index in [1.54, 1.807) is 17.4 Å². The Bertz CT molecular complexity index is 878. The number of furan rings is 1. The van der Waals surface area contributed by atoms with Crippen LogP contribution in [0.2, 0.25) is 0 Å². The first-order valence-corrected chi connectivity index (χ1v) is 10.2. The average Bonchev–Trinajstić information content (AvgIpc) is 3.44. The van der Waals surface area contributed by atoms with Crippen molar-refractivity contribution in [1.82, 2.24) is 15.4 Å². The third-order valence-electron chi connectivity index (χ3n) is 4.88. The summed E-state index contributed by atoms with van der Waals surface area (Å²) in [4.78, 5) is 15.9. The average molecular weight is 385 g/mol. The quantitative estimate of drug-likeness (QED) is 0.686. The van der Waals surface area contributed by atoms with Crippen LogP contribution in [0.3, 0.4) is 0 Å². The van der Waals surface area contributed by atoms with Gasteiger partial charge in [0.15, 0.2) is 11.5 Å². The maximum Gasteiger partial charge on any atom is 0.273 e. The number of carbonyl (C=O) groups excluding carboxylic acids is 1. The topological polar surface area (TPSA) is 71.5 Å². The van der Waals surface area contributed by atoms with Crippen LogP contribution in [0.25, 0.3) is 10.6 Å². The first kappa shape index (κ1) is 18.0. The summed E-state index contributed by atoms with van der Waals surface area (Å²) in [6, 6.07) is 9.58. The van der Waals surface area contributed by atoms with Gasteiger partial charge in [-0.3, -0.25) is 9.69 Å². The lowest BCUT2D eigenvalue weighted by molar-refractivity contribution is 0.0905. The highest BCUT2D eigenvalue weighted by atomic mass is 32.1. The zero-order valence-electron chi connectivity index (χ0n) is 15.3. The maximum absolute atomic E-state index is 12.6. The molecule has 1 atom stereocenters. The summed E-state index contributed by atoms with van der Waals surface area (Å²) in [5.41, 5.74) is 0.298. The number of aromatic nitrogens is 1. The number of rotatable bonds is 6. The van der Waals surface area contributed by atoms with E-state index >= 15 is 0 Å². The molecule has 0 aromatic carbocycles. The number of aryl methyl sites for hydroxylation is 1. The van der Waals surface area contributed by atoms with Crippen LogP contribution in [0.4, 0.5) is 0 Å². The summed E-state index contributed by atoms with van der Waals surface area (Å²) in [6.45, 7) is 4.46. The monoisotopic (exact) mass is 385 g/mol. The molecule has 1 aliphatic heterocycles. The van der Waals surface area contributed by atoms with Crippen LogP contribution >= 0.6 is 11.3 Å². The third kappa shape index (κ3) is 4.14. The zero-order chi connectivity index (χ0) is 18.6. The number of carbonyl (C=O) groups is 1. The first-order valence-electron chi connectivity index (χ1n) is 9.30. The van der Waals surface area contributed by atoms with E-state index in [-0.39, 0.29) is 11.9 Å². The molecule has 3 aromatic rings. The SMILES string of the molecule is Cc1ccc(C(CNC(=O)c2cc(-c3cccs3)on2)N2CCCCC2)o1. The second kappa shape index (κ2) is 8.10. The fraction of sp³-hybridized carbons (Fsp3) is 0.400. The normalized spacial score (nSPS) is 16.3. The van der Waals surface area contributed by atoms with Crippen molar-refractivity contribution in [2.24, 2.45) is 0 Å². The number of nitrogens with one attached hydrogen (secondary N) is 1. The van der Waals surface area contributed by atoms with Gasteiger partial charge in [-0.15, -0.1) is 11.3 Å². The largest absolute Gasteiger partial charge is 0.465 e. The van der Waals surface area contributed by atoms with Gasteiger partial charge < -0.3 is 14.3 Å². The first-order chi connectivity index (χ1) is 13.2. The molecule has 0 spiro atoms. The summed E-state index contributed by atoms with van der Waals surface area (Å²) in [5.74, 6) is 2.17. The summed E-state index contributed by atoms with van der Waals surface area (Å²) in [7, 11) is 0. The third-order valence-corrected chi connectivity index (χ3v) is 5.77. The minimum absolute atomic E-state index is 0.0339. The van der Waals surface area contributed by atoms with E-state index in [0.717, 1.165) is 29.5 Å². The Morgan fingerprint density at radius 2 is 2.15 bits per heavy atom. The standard InChI is InChI=1S/C20H23N3O3S/c1-14-7-8-17(25-14)16(23-9-3-2-4-10-23)13-21-20(24)15-12-18(26-22-15)19-6-5-11-27-19/h5-8,11-12,16H,2-4,9-10,13H2,1H3,(H,21,24). The fourth-order valence-corrected chi connectivity index (χ4v) is 4.14. The van der Waals surface area contributed by atoms with Crippen LogP contribution in [-0.2, 0) is 0 Å². The van der Waals surface area contributed by atoms with E-state index in [0.29, 0.717) is 18.0 Å². The Labute approximate surface area is 162 Å². The molecule has 1 saturated heterocycles. The van der Waals surface area contributed by atoms with Crippen molar-refractivity contribution < 1.29 is 13.7 Å². The molecule has 0 saturated carbocycles. The van der Waals surface area contributed by atoms with E-state index in [1.807, 2.05) is 36.6 Å². The lowest BCUT2D eigenvalue weighted by atomic mass is 10.1. The van der Waals surface area contributed by atoms with Crippen molar-refractivity contribution in [1.29, 1.82) is 0 Å². The maximum atomic E-state index is 12.6. The summed E-state index contributed by atoms with van der Waals surface area (Å²) < 4.78 is 11.2. The van der Waals surface area contributed by atoms with Crippen LogP contribution in [0.5, 0.6) is 0 Å².